The first kappa shape index (κ1) is 16.3. The van der Waals surface area contributed by atoms with Crippen LogP contribution in [-0.4, -0.2) is 30.7 Å². The third-order valence-corrected chi connectivity index (χ3v) is 2.91. The van der Waals surface area contributed by atoms with Crippen LogP contribution in [0.2, 0.25) is 0 Å². The number of aromatic hydroxyl groups is 1. The number of hydrogen-bond donors (Lipinski definition) is 3. The van der Waals surface area contributed by atoms with E-state index in [1.54, 1.807) is 12.1 Å². The molecule has 20 heavy (non-hydrogen) atoms. The molecule has 0 fully saturated rings. The Bertz CT molecular complexity index is 422. The predicted octanol–water partition coefficient (Wildman–Crippen LogP) is 2.04. The molecule has 5 nitrogen and oxygen atoms in total. The molecular weight excluding hydrogens is 256 g/mol. The van der Waals surface area contributed by atoms with Crippen molar-refractivity contribution < 1.29 is 14.6 Å². The van der Waals surface area contributed by atoms with Gasteiger partial charge in [0.1, 0.15) is 11.5 Å². The topological polar surface area (TPSA) is 84.6 Å². The second-order valence-corrected chi connectivity index (χ2v) is 4.63. The van der Waals surface area contributed by atoms with Crippen LogP contribution in [0.3, 0.4) is 0 Å². The number of nitrogens with one attached hydrogen (secondary N) is 1. The monoisotopic (exact) mass is 280 g/mol. The molecule has 0 radical (unpaired) electrons. The molecule has 0 aliphatic heterocycles. The van der Waals surface area contributed by atoms with E-state index in [1.165, 1.54) is 18.9 Å². The fraction of sp³-hybridized carbons (Fsp3) is 0.533. The van der Waals surface area contributed by atoms with E-state index in [9.17, 15) is 9.90 Å². The lowest BCUT2D eigenvalue weighted by Gasteiger charge is -2.09. The summed E-state index contributed by atoms with van der Waals surface area (Å²) in [6, 6.07) is 4.72. The van der Waals surface area contributed by atoms with E-state index in [1.807, 2.05) is 0 Å². The lowest BCUT2D eigenvalue weighted by molar-refractivity contribution is 0.0952. The summed E-state index contributed by atoms with van der Waals surface area (Å²) in [5.74, 6) is 0.169. The Morgan fingerprint density at radius 1 is 1.35 bits per heavy atom. The van der Waals surface area contributed by atoms with Gasteiger partial charge in [0.25, 0.3) is 5.91 Å². The molecule has 0 aromatic heterocycles. The molecule has 0 spiro atoms. The van der Waals surface area contributed by atoms with Crippen LogP contribution in [0.1, 0.15) is 43.0 Å². The van der Waals surface area contributed by atoms with Crippen LogP contribution in [0.5, 0.6) is 11.5 Å². The number of unbranched alkanes of at least 4 members (excludes halogenated alkanes) is 3. The van der Waals surface area contributed by atoms with Gasteiger partial charge in [-0.15, -0.1) is 0 Å². The van der Waals surface area contributed by atoms with E-state index in [4.69, 9.17) is 10.5 Å². The van der Waals surface area contributed by atoms with Gasteiger partial charge in [0, 0.05) is 19.2 Å². The van der Waals surface area contributed by atoms with Gasteiger partial charge in [0.2, 0.25) is 0 Å². The SMILES string of the molecule is CCCCCCOc1ccc(C(=O)NCCN)c(O)c1. The van der Waals surface area contributed by atoms with E-state index in [0.717, 1.165) is 12.8 Å². The van der Waals surface area contributed by atoms with Gasteiger partial charge in [-0.05, 0) is 18.6 Å². The number of rotatable bonds is 9. The maximum atomic E-state index is 11.7. The largest absolute Gasteiger partial charge is 0.507 e. The number of amides is 1. The number of carbonyl (C=O) groups excluding carboxylic acids is 1. The average molecular weight is 280 g/mol. The first-order valence-electron chi connectivity index (χ1n) is 7.13. The fourth-order valence-corrected chi connectivity index (χ4v) is 1.79. The average Bonchev–Trinajstić information content (AvgIpc) is 2.44. The quantitative estimate of drug-likeness (QED) is 0.604. The van der Waals surface area contributed by atoms with Gasteiger partial charge >= 0.3 is 0 Å². The highest BCUT2D eigenvalue weighted by Crippen LogP contribution is 2.23. The minimum absolute atomic E-state index is 0.0782. The van der Waals surface area contributed by atoms with E-state index < -0.39 is 0 Å². The van der Waals surface area contributed by atoms with E-state index in [0.29, 0.717) is 25.4 Å². The first-order valence-corrected chi connectivity index (χ1v) is 7.13. The normalized spacial score (nSPS) is 10.3. The zero-order chi connectivity index (χ0) is 14.8. The summed E-state index contributed by atoms with van der Waals surface area (Å²) in [5.41, 5.74) is 5.54. The minimum Gasteiger partial charge on any atom is -0.507 e. The van der Waals surface area contributed by atoms with Crippen molar-refractivity contribution in [1.29, 1.82) is 0 Å². The first-order chi connectivity index (χ1) is 9.69. The van der Waals surface area contributed by atoms with Crippen LogP contribution in [0.15, 0.2) is 18.2 Å². The highest BCUT2D eigenvalue weighted by atomic mass is 16.5. The van der Waals surface area contributed by atoms with Crippen molar-refractivity contribution in [1.82, 2.24) is 5.32 Å². The van der Waals surface area contributed by atoms with Crippen LogP contribution >= 0.6 is 0 Å². The summed E-state index contributed by atoms with van der Waals surface area (Å²) in [7, 11) is 0. The minimum atomic E-state index is -0.331. The smallest absolute Gasteiger partial charge is 0.255 e. The number of hydrogen-bond acceptors (Lipinski definition) is 4. The zero-order valence-corrected chi connectivity index (χ0v) is 12.0. The summed E-state index contributed by atoms with van der Waals surface area (Å²) in [4.78, 5) is 11.7. The van der Waals surface area contributed by atoms with Crippen molar-refractivity contribution in [2.45, 2.75) is 32.6 Å². The van der Waals surface area contributed by atoms with Crippen molar-refractivity contribution in [3.05, 3.63) is 23.8 Å². The molecule has 0 saturated heterocycles. The van der Waals surface area contributed by atoms with Gasteiger partial charge in [-0.2, -0.15) is 0 Å². The Hall–Kier alpha value is -1.75. The zero-order valence-electron chi connectivity index (χ0n) is 12.0. The van der Waals surface area contributed by atoms with Crippen LogP contribution in [0, 0.1) is 0 Å². The van der Waals surface area contributed by atoms with Crippen molar-refractivity contribution in [2.75, 3.05) is 19.7 Å². The Morgan fingerprint density at radius 2 is 2.15 bits per heavy atom. The van der Waals surface area contributed by atoms with E-state index >= 15 is 0 Å². The molecular formula is C15H24N2O3. The maximum absolute atomic E-state index is 11.7. The Morgan fingerprint density at radius 3 is 2.80 bits per heavy atom. The number of phenolic OH excluding ortho intramolecular Hbond substituents is 1. The van der Waals surface area contributed by atoms with Crippen molar-refractivity contribution in [2.24, 2.45) is 5.73 Å². The fourth-order valence-electron chi connectivity index (χ4n) is 1.79. The van der Waals surface area contributed by atoms with Gasteiger partial charge in [-0.25, -0.2) is 0 Å². The molecule has 1 aromatic rings. The Labute approximate surface area is 120 Å². The maximum Gasteiger partial charge on any atom is 0.255 e. The molecule has 0 bridgehead atoms. The second kappa shape index (κ2) is 9.20. The summed E-state index contributed by atoms with van der Waals surface area (Å²) < 4.78 is 5.54. The van der Waals surface area contributed by atoms with Gasteiger partial charge < -0.3 is 20.9 Å². The molecule has 1 aromatic carbocycles. The number of nitrogens with two attached hydrogens (primary N) is 1. The second-order valence-electron chi connectivity index (χ2n) is 4.63. The molecule has 1 rings (SSSR count). The number of ether oxygens (including phenoxy) is 1. The predicted molar refractivity (Wildman–Crippen MR) is 79.1 cm³/mol. The number of phenols is 1. The number of carbonyl (C=O) groups is 1. The molecule has 0 unspecified atom stereocenters. The van der Waals surface area contributed by atoms with E-state index in [2.05, 4.69) is 12.2 Å². The molecule has 0 atom stereocenters. The van der Waals surface area contributed by atoms with Crippen molar-refractivity contribution >= 4 is 5.91 Å². The van der Waals surface area contributed by atoms with E-state index in [-0.39, 0.29) is 17.2 Å². The van der Waals surface area contributed by atoms with Crippen LogP contribution in [-0.2, 0) is 0 Å². The van der Waals surface area contributed by atoms with Crippen molar-refractivity contribution in [3.8, 4) is 11.5 Å². The molecule has 0 aliphatic rings. The van der Waals surface area contributed by atoms with Crippen LogP contribution in [0.25, 0.3) is 0 Å². The molecule has 4 N–H and O–H groups in total. The highest BCUT2D eigenvalue weighted by molar-refractivity contribution is 5.96. The highest BCUT2D eigenvalue weighted by Gasteiger charge is 2.11. The summed E-state index contributed by atoms with van der Waals surface area (Å²) in [6.45, 7) is 3.53. The summed E-state index contributed by atoms with van der Waals surface area (Å²) in [5, 5.41) is 12.4. The van der Waals surface area contributed by atoms with Crippen LogP contribution < -0.4 is 15.8 Å². The van der Waals surface area contributed by atoms with Gasteiger partial charge in [0.05, 0.1) is 12.2 Å². The van der Waals surface area contributed by atoms with Crippen molar-refractivity contribution in [3.63, 3.8) is 0 Å². The molecule has 112 valence electrons. The molecule has 5 heteroatoms. The Kier molecular flexibility index (Phi) is 7.50. The lowest BCUT2D eigenvalue weighted by Crippen LogP contribution is -2.29. The molecule has 0 heterocycles. The van der Waals surface area contributed by atoms with Gasteiger partial charge in [0.15, 0.2) is 0 Å². The standard InChI is InChI=1S/C15H24N2O3/c1-2-3-4-5-10-20-12-6-7-13(14(18)11-12)15(19)17-9-8-16/h6-7,11,18H,2-5,8-10,16H2,1H3,(H,17,19). The molecule has 0 saturated carbocycles. The molecule has 0 aliphatic carbocycles. The number of benzene rings is 1. The van der Waals surface area contributed by atoms with Gasteiger partial charge in [-0.1, -0.05) is 26.2 Å². The van der Waals surface area contributed by atoms with Gasteiger partial charge in [-0.3, -0.25) is 4.79 Å². The summed E-state index contributed by atoms with van der Waals surface area (Å²) >= 11 is 0. The molecule has 1 amide bonds. The lowest BCUT2D eigenvalue weighted by atomic mass is 10.1. The Balaban J connectivity index is 2.48. The third kappa shape index (κ3) is 5.48. The summed E-state index contributed by atoms with van der Waals surface area (Å²) in [6.07, 6.45) is 4.53. The van der Waals surface area contributed by atoms with Crippen LogP contribution in [0.4, 0.5) is 0 Å². The third-order valence-electron chi connectivity index (χ3n) is 2.91.